The second kappa shape index (κ2) is 15.4. The Labute approximate surface area is 302 Å². The van der Waals surface area contributed by atoms with Crippen LogP contribution in [0.25, 0.3) is 0 Å². The van der Waals surface area contributed by atoms with Crippen LogP contribution in [0.3, 0.4) is 0 Å². The highest BCUT2D eigenvalue weighted by atomic mass is 16.6. The second-order valence-corrected chi connectivity index (χ2v) is 15.6. The van der Waals surface area contributed by atoms with E-state index in [-0.39, 0.29) is 13.2 Å². The molecule has 0 saturated heterocycles. The number of benzene rings is 1. The number of rotatable bonds is 12. The molecule has 0 bridgehead atoms. The highest BCUT2D eigenvalue weighted by Gasteiger charge is 2.76. The minimum Gasteiger partial charge on any atom is -0.462 e. The maximum absolute atomic E-state index is 13.2. The Morgan fingerprint density at radius 1 is 0.902 bits per heavy atom. The summed E-state index contributed by atoms with van der Waals surface area (Å²) in [5.74, 6) is -3.91. The predicted molar refractivity (Wildman–Crippen MR) is 188 cm³/mol. The van der Waals surface area contributed by atoms with E-state index < -0.39 is 87.9 Å². The Kier molecular flexibility index (Phi) is 12.2. The molecular weight excluding hydrogens is 656 g/mol. The topological polar surface area (TPSA) is 144 Å². The lowest BCUT2D eigenvalue weighted by atomic mass is 9.35. The number of hydrogen-bond donors (Lipinski definition) is 1. The molecule has 0 aliphatic heterocycles. The molecule has 4 rings (SSSR count). The van der Waals surface area contributed by atoms with Crippen molar-refractivity contribution in [3.8, 4) is 0 Å². The van der Waals surface area contributed by atoms with Crippen LogP contribution in [0.4, 0.5) is 0 Å². The van der Waals surface area contributed by atoms with Gasteiger partial charge in [-0.15, -0.1) is 0 Å². The lowest BCUT2D eigenvalue weighted by Crippen LogP contribution is -2.77. The van der Waals surface area contributed by atoms with Gasteiger partial charge in [-0.25, -0.2) is 0 Å². The SMILES string of the molecule is COCC1C2(C)CCC3C(O)(CCc4ccccc4C)C(C)=CC(OC(C)=O)C3(C)C2C(OC(C)=O)C(OC(C)=O)C1(COC)C(C)OC(C)=O. The van der Waals surface area contributed by atoms with Crippen molar-refractivity contribution >= 4 is 23.9 Å². The zero-order valence-corrected chi connectivity index (χ0v) is 32.2. The van der Waals surface area contributed by atoms with Gasteiger partial charge in [0.1, 0.15) is 18.3 Å². The van der Waals surface area contributed by atoms with Gasteiger partial charge in [-0.3, -0.25) is 19.2 Å². The number of carbonyl (C=O) groups excluding carboxylic acids is 4. The zero-order valence-electron chi connectivity index (χ0n) is 32.2. The summed E-state index contributed by atoms with van der Waals surface area (Å²) in [5.41, 5.74) is -1.48. The molecule has 1 N–H and O–H groups in total. The lowest BCUT2D eigenvalue weighted by Gasteiger charge is -2.71. The molecule has 0 amide bonds. The van der Waals surface area contributed by atoms with Gasteiger partial charge >= 0.3 is 23.9 Å². The van der Waals surface area contributed by atoms with Crippen molar-refractivity contribution in [2.45, 2.75) is 118 Å². The first-order valence-electron chi connectivity index (χ1n) is 18.0. The average Bonchev–Trinajstić information content (AvgIpc) is 3.02. The first-order chi connectivity index (χ1) is 23.8. The van der Waals surface area contributed by atoms with Crippen LogP contribution < -0.4 is 0 Å². The van der Waals surface area contributed by atoms with Gasteiger partial charge in [-0.2, -0.15) is 0 Å². The van der Waals surface area contributed by atoms with Crippen molar-refractivity contribution in [1.29, 1.82) is 0 Å². The number of aliphatic hydroxyl groups is 1. The molecule has 1 aromatic carbocycles. The van der Waals surface area contributed by atoms with Crippen LogP contribution >= 0.6 is 0 Å². The molecule has 1 aromatic rings. The second-order valence-electron chi connectivity index (χ2n) is 15.6. The van der Waals surface area contributed by atoms with Crippen LogP contribution in [0.1, 0.15) is 85.8 Å². The number of methoxy groups -OCH3 is 2. The van der Waals surface area contributed by atoms with Crippen molar-refractivity contribution in [1.82, 2.24) is 0 Å². The van der Waals surface area contributed by atoms with Crippen molar-refractivity contribution < 1.29 is 52.7 Å². The number of carbonyl (C=O) groups is 4. The average molecular weight is 715 g/mol. The summed E-state index contributed by atoms with van der Waals surface area (Å²) < 4.78 is 36.5. The Morgan fingerprint density at radius 2 is 1.53 bits per heavy atom. The Morgan fingerprint density at radius 3 is 2.08 bits per heavy atom. The first-order valence-corrected chi connectivity index (χ1v) is 18.0. The molecule has 2 saturated carbocycles. The fraction of sp³-hybridized carbons (Fsp3) is 0.700. The quantitative estimate of drug-likeness (QED) is 0.171. The van der Waals surface area contributed by atoms with Gasteiger partial charge in [0.15, 0.2) is 6.10 Å². The van der Waals surface area contributed by atoms with E-state index in [4.69, 9.17) is 28.4 Å². The number of fused-ring (bicyclic) bond motifs is 3. The summed E-state index contributed by atoms with van der Waals surface area (Å²) in [6, 6.07) is 8.09. The molecule has 0 radical (unpaired) electrons. The third-order valence-electron chi connectivity index (χ3n) is 12.7. The van der Waals surface area contributed by atoms with Gasteiger partial charge in [-0.1, -0.05) is 38.1 Å². The summed E-state index contributed by atoms with van der Waals surface area (Å²) in [7, 11) is 3.10. The van der Waals surface area contributed by atoms with E-state index in [9.17, 15) is 24.3 Å². The fourth-order valence-electron chi connectivity index (χ4n) is 10.8. The van der Waals surface area contributed by atoms with Gasteiger partial charge in [0.05, 0.1) is 24.2 Å². The van der Waals surface area contributed by atoms with E-state index in [2.05, 4.69) is 26.0 Å². The van der Waals surface area contributed by atoms with Crippen molar-refractivity contribution in [3.63, 3.8) is 0 Å². The summed E-state index contributed by atoms with van der Waals surface area (Å²) in [4.78, 5) is 51.7. The van der Waals surface area contributed by atoms with E-state index in [1.807, 2.05) is 32.1 Å². The van der Waals surface area contributed by atoms with Gasteiger partial charge in [0, 0.05) is 65.1 Å². The minimum atomic E-state index is -1.32. The molecule has 2 fully saturated rings. The lowest BCUT2D eigenvalue weighted by molar-refractivity contribution is -0.316. The number of hydrogen-bond acceptors (Lipinski definition) is 11. The molecule has 3 aliphatic rings. The Bertz CT molecular complexity index is 1500. The maximum Gasteiger partial charge on any atom is 0.303 e. The van der Waals surface area contributed by atoms with E-state index in [1.165, 1.54) is 34.8 Å². The minimum absolute atomic E-state index is 0.0274. The van der Waals surface area contributed by atoms with E-state index in [0.717, 1.165) is 11.1 Å². The Hall–Kier alpha value is -3.28. The van der Waals surface area contributed by atoms with Crippen molar-refractivity contribution in [2.24, 2.45) is 34.0 Å². The highest BCUT2D eigenvalue weighted by Crippen LogP contribution is 2.71. The summed E-state index contributed by atoms with van der Waals surface area (Å²) in [5, 5.41) is 13.0. The molecule has 0 aromatic heterocycles. The van der Waals surface area contributed by atoms with Crippen LogP contribution in [0.15, 0.2) is 35.9 Å². The predicted octanol–water partition coefficient (Wildman–Crippen LogP) is 5.31. The Balaban J connectivity index is 2.06. The molecule has 0 heterocycles. The van der Waals surface area contributed by atoms with Gasteiger partial charge in [0.25, 0.3) is 0 Å². The fourth-order valence-corrected chi connectivity index (χ4v) is 10.8. The number of esters is 4. The van der Waals surface area contributed by atoms with Crippen LogP contribution in [-0.2, 0) is 54.0 Å². The van der Waals surface area contributed by atoms with Gasteiger partial charge in [0.2, 0.25) is 0 Å². The molecule has 11 heteroatoms. The molecule has 11 nitrogen and oxygen atoms in total. The van der Waals surface area contributed by atoms with E-state index in [0.29, 0.717) is 31.3 Å². The van der Waals surface area contributed by atoms with E-state index >= 15 is 0 Å². The third kappa shape index (κ3) is 7.10. The molecule has 11 atom stereocenters. The molecule has 3 aliphatic carbocycles. The van der Waals surface area contributed by atoms with Crippen LogP contribution in [0.5, 0.6) is 0 Å². The smallest absolute Gasteiger partial charge is 0.303 e. The van der Waals surface area contributed by atoms with Crippen LogP contribution in [0.2, 0.25) is 0 Å². The standard InChI is InChI=1S/C40H58O11/c1-23-14-12-13-15-30(23)16-19-40(45)24(2)20-33(49-27(5)42)38(9)31(40)17-18-37(8)32(21-46-10)39(22-47-11,25(3)48-26(4)41)36(51-29(7)44)34(35(37)38)50-28(6)43/h12-15,20,25,31-36,45H,16-19,21-22H2,1-11H3. The molecule has 0 spiro atoms. The molecular formula is C40H58O11. The number of ether oxygens (including phenoxy) is 6. The van der Waals surface area contributed by atoms with E-state index in [1.54, 1.807) is 14.0 Å². The largest absolute Gasteiger partial charge is 0.462 e. The summed E-state index contributed by atoms with van der Waals surface area (Å²) in [6.45, 7) is 15.1. The first kappa shape index (κ1) is 40.5. The van der Waals surface area contributed by atoms with Crippen molar-refractivity contribution in [2.75, 3.05) is 27.4 Å². The zero-order chi connectivity index (χ0) is 38.1. The number of aryl methyl sites for hydroxylation is 2. The maximum atomic E-state index is 13.2. The molecule has 51 heavy (non-hydrogen) atoms. The molecule has 284 valence electrons. The monoisotopic (exact) mass is 714 g/mol. The van der Waals surface area contributed by atoms with Crippen LogP contribution in [-0.4, -0.2) is 86.4 Å². The molecule has 11 unspecified atom stereocenters. The highest BCUT2D eigenvalue weighted by molar-refractivity contribution is 5.68. The van der Waals surface area contributed by atoms with Crippen LogP contribution in [0, 0.1) is 40.9 Å². The normalized spacial score (nSPS) is 36.4. The van der Waals surface area contributed by atoms with Gasteiger partial charge < -0.3 is 33.5 Å². The summed E-state index contributed by atoms with van der Waals surface area (Å²) in [6.07, 6.45) is -0.129. The van der Waals surface area contributed by atoms with Crippen molar-refractivity contribution in [3.05, 3.63) is 47.0 Å². The third-order valence-corrected chi connectivity index (χ3v) is 12.7. The summed E-state index contributed by atoms with van der Waals surface area (Å²) >= 11 is 0. The van der Waals surface area contributed by atoms with Gasteiger partial charge in [-0.05, 0) is 74.6 Å².